The molecule has 0 amide bonds. The van der Waals surface area contributed by atoms with Crippen LogP contribution in [-0.4, -0.2) is 18.9 Å². The van der Waals surface area contributed by atoms with Gasteiger partial charge in [-0.2, -0.15) is 11.3 Å². The molecule has 0 aromatic carbocycles. The SMILES string of the molecule is c1cc(CCNC2=NCCCC2)cs1. The molecule has 14 heavy (non-hydrogen) atoms. The van der Waals surface area contributed by atoms with Gasteiger partial charge in [-0.25, -0.2) is 0 Å². The van der Waals surface area contributed by atoms with Gasteiger partial charge < -0.3 is 5.32 Å². The summed E-state index contributed by atoms with van der Waals surface area (Å²) in [6.07, 6.45) is 4.81. The van der Waals surface area contributed by atoms with Crippen LogP contribution in [0.25, 0.3) is 0 Å². The van der Waals surface area contributed by atoms with E-state index in [2.05, 4.69) is 27.1 Å². The molecule has 0 unspecified atom stereocenters. The Balaban J connectivity index is 1.70. The first kappa shape index (κ1) is 9.71. The van der Waals surface area contributed by atoms with Crippen molar-refractivity contribution in [1.29, 1.82) is 0 Å². The first-order chi connectivity index (χ1) is 6.95. The molecular formula is C11H16N2S. The third kappa shape index (κ3) is 2.84. The molecule has 0 bridgehead atoms. The van der Waals surface area contributed by atoms with Gasteiger partial charge in [-0.3, -0.25) is 4.99 Å². The lowest BCUT2D eigenvalue weighted by Crippen LogP contribution is -2.27. The third-order valence-electron chi connectivity index (χ3n) is 2.45. The van der Waals surface area contributed by atoms with Gasteiger partial charge in [0.2, 0.25) is 0 Å². The zero-order valence-electron chi connectivity index (χ0n) is 8.33. The van der Waals surface area contributed by atoms with Crippen LogP contribution in [0, 0.1) is 0 Å². The molecule has 76 valence electrons. The lowest BCUT2D eigenvalue weighted by atomic mass is 10.2. The van der Waals surface area contributed by atoms with Crippen LogP contribution < -0.4 is 5.32 Å². The zero-order valence-corrected chi connectivity index (χ0v) is 9.15. The molecule has 1 N–H and O–H groups in total. The smallest absolute Gasteiger partial charge is 0.0963 e. The second-order valence-corrected chi connectivity index (χ2v) is 4.37. The summed E-state index contributed by atoms with van der Waals surface area (Å²) in [5.74, 6) is 1.21. The van der Waals surface area contributed by atoms with Crippen LogP contribution in [-0.2, 0) is 6.42 Å². The number of amidine groups is 1. The summed E-state index contributed by atoms with van der Waals surface area (Å²) in [7, 11) is 0. The Morgan fingerprint density at radius 1 is 1.43 bits per heavy atom. The molecule has 0 spiro atoms. The first-order valence-electron chi connectivity index (χ1n) is 5.23. The van der Waals surface area contributed by atoms with Gasteiger partial charge in [0, 0.05) is 19.5 Å². The molecule has 1 aliphatic heterocycles. The lowest BCUT2D eigenvalue weighted by Gasteiger charge is -2.13. The van der Waals surface area contributed by atoms with Crippen molar-refractivity contribution in [1.82, 2.24) is 5.32 Å². The second kappa shape index (κ2) is 5.15. The van der Waals surface area contributed by atoms with Crippen LogP contribution in [0.15, 0.2) is 21.8 Å². The number of aliphatic imine (C=N–C) groups is 1. The summed E-state index contributed by atoms with van der Waals surface area (Å²) in [5.41, 5.74) is 1.43. The molecule has 2 nitrogen and oxygen atoms in total. The van der Waals surface area contributed by atoms with Gasteiger partial charge in [-0.05, 0) is 41.7 Å². The van der Waals surface area contributed by atoms with Crippen molar-refractivity contribution in [3.8, 4) is 0 Å². The average molecular weight is 208 g/mol. The van der Waals surface area contributed by atoms with E-state index in [1.54, 1.807) is 11.3 Å². The van der Waals surface area contributed by atoms with E-state index in [9.17, 15) is 0 Å². The highest BCUT2D eigenvalue weighted by molar-refractivity contribution is 7.07. The van der Waals surface area contributed by atoms with Crippen LogP contribution in [0.3, 0.4) is 0 Å². The Morgan fingerprint density at radius 3 is 3.14 bits per heavy atom. The Bertz CT molecular complexity index is 290. The molecule has 0 fully saturated rings. The number of hydrogen-bond acceptors (Lipinski definition) is 3. The Morgan fingerprint density at radius 2 is 2.43 bits per heavy atom. The van der Waals surface area contributed by atoms with E-state index in [4.69, 9.17) is 0 Å². The Labute approximate surface area is 89.1 Å². The molecule has 2 heterocycles. The number of thiophene rings is 1. The van der Waals surface area contributed by atoms with E-state index in [0.717, 1.165) is 25.9 Å². The molecule has 0 saturated heterocycles. The highest BCUT2D eigenvalue weighted by Gasteiger charge is 2.03. The van der Waals surface area contributed by atoms with Crippen molar-refractivity contribution >= 4 is 17.2 Å². The fourth-order valence-corrected chi connectivity index (χ4v) is 2.33. The number of nitrogens with one attached hydrogen (secondary N) is 1. The maximum Gasteiger partial charge on any atom is 0.0963 e. The summed E-state index contributed by atoms with van der Waals surface area (Å²) >= 11 is 1.77. The van der Waals surface area contributed by atoms with Crippen LogP contribution in [0.4, 0.5) is 0 Å². The predicted octanol–water partition coefficient (Wildman–Crippen LogP) is 2.46. The van der Waals surface area contributed by atoms with E-state index < -0.39 is 0 Å². The Hall–Kier alpha value is -0.830. The van der Waals surface area contributed by atoms with Crippen LogP contribution in [0.1, 0.15) is 24.8 Å². The summed E-state index contributed by atoms with van der Waals surface area (Å²) in [5, 5.41) is 7.76. The molecule has 1 aromatic heterocycles. The van der Waals surface area contributed by atoms with Crippen LogP contribution >= 0.6 is 11.3 Å². The molecule has 1 aliphatic rings. The molecule has 0 aliphatic carbocycles. The first-order valence-corrected chi connectivity index (χ1v) is 6.18. The summed E-state index contributed by atoms with van der Waals surface area (Å²) < 4.78 is 0. The van der Waals surface area contributed by atoms with Crippen LogP contribution in [0.2, 0.25) is 0 Å². The van der Waals surface area contributed by atoms with E-state index in [1.165, 1.54) is 24.2 Å². The molecule has 1 aromatic rings. The van der Waals surface area contributed by atoms with Crippen LogP contribution in [0.5, 0.6) is 0 Å². The normalized spacial score (nSPS) is 16.4. The second-order valence-electron chi connectivity index (χ2n) is 3.59. The monoisotopic (exact) mass is 208 g/mol. The zero-order chi connectivity index (χ0) is 9.64. The Kier molecular flexibility index (Phi) is 3.57. The summed E-state index contributed by atoms with van der Waals surface area (Å²) in [6, 6.07) is 2.19. The molecular weight excluding hydrogens is 192 g/mol. The fraction of sp³-hybridized carbons (Fsp3) is 0.545. The quantitative estimate of drug-likeness (QED) is 0.810. The standard InChI is InChI=1S/C11H16N2S/c1-2-6-12-11(3-1)13-7-4-10-5-8-14-9-10/h5,8-9H,1-4,6-7H2,(H,12,13). The maximum atomic E-state index is 4.46. The summed E-state index contributed by atoms with van der Waals surface area (Å²) in [4.78, 5) is 4.46. The molecule has 0 saturated carbocycles. The van der Waals surface area contributed by atoms with Crippen molar-refractivity contribution in [3.05, 3.63) is 22.4 Å². The minimum atomic E-state index is 1.01. The number of hydrogen-bond donors (Lipinski definition) is 1. The topological polar surface area (TPSA) is 24.4 Å². The van der Waals surface area contributed by atoms with Crippen molar-refractivity contribution in [2.24, 2.45) is 4.99 Å². The minimum absolute atomic E-state index is 1.01. The minimum Gasteiger partial charge on any atom is -0.374 e. The van der Waals surface area contributed by atoms with Crippen molar-refractivity contribution in [2.75, 3.05) is 13.1 Å². The molecule has 0 radical (unpaired) electrons. The lowest BCUT2D eigenvalue weighted by molar-refractivity contribution is 0.705. The third-order valence-corrected chi connectivity index (χ3v) is 3.18. The van der Waals surface area contributed by atoms with Gasteiger partial charge >= 0.3 is 0 Å². The summed E-state index contributed by atoms with van der Waals surface area (Å²) in [6.45, 7) is 2.04. The van der Waals surface area contributed by atoms with Crippen molar-refractivity contribution < 1.29 is 0 Å². The largest absolute Gasteiger partial charge is 0.374 e. The molecule has 3 heteroatoms. The predicted molar refractivity (Wildman–Crippen MR) is 62.2 cm³/mol. The molecule has 2 rings (SSSR count). The highest BCUT2D eigenvalue weighted by atomic mass is 32.1. The van der Waals surface area contributed by atoms with Gasteiger partial charge in [0.05, 0.1) is 5.84 Å². The van der Waals surface area contributed by atoms with Gasteiger partial charge in [0.25, 0.3) is 0 Å². The average Bonchev–Trinajstić information content (AvgIpc) is 2.72. The van der Waals surface area contributed by atoms with Crippen molar-refractivity contribution in [3.63, 3.8) is 0 Å². The van der Waals surface area contributed by atoms with E-state index in [-0.39, 0.29) is 0 Å². The number of rotatable bonds is 3. The highest BCUT2D eigenvalue weighted by Crippen LogP contribution is 2.07. The molecule has 0 atom stereocenters. The number of nitrogens with zero attached hydrogens (tertiary/aromatic N) is 1. The fourth-order valence-electron chi connectivity index (χ4n) is 1.63. The van der Waals surface area contributed by atoms with E-state index in [0.29, 0.717) is 0 Å². The van der Waals surface area contributed by atoms with Gasteiger partial charge in [0.1, 0.15) is 0 Å². The van der Waals surface area contributed by atoms with Gasteiger partial charge in [-0.15, -0.1) is 0 Å². The maximum absolute atomic E-state index is 4.46. The van der Waals surface area contributed by atoms with E-state index >= 15 is 0 Å². The van der Waals surface area contributed by atoms with Gasteiger partial charge in [-0.1, -0.05) is 0 Å². The van der Waals surface area contributed by atoms with E-state index in [1.807, 2.05) is 0 Å². The van der Waals surface area contributed by atoms with Crippen molar-refractivity contribution in [2.45, 2.75) is 25.7 Å². The van der Waals surface area contributed by atoms with Gasteiger partial charge in [0.15, 0.2) is 0 Å².